The van der Waals surface area contributed by atoms with E-state index in [0.717, 1.165) is 12.1 Å². The van der Waals surface area contributed by atoms with Gasteiger partial charge in [0.25, 0.3) is 0 Å². The van der Waals surface area contributed by atoms with Gasteiger partial charge in [-0.25, -0.2) is 8.42 Å². The molecule has 0 amide bonds. The van der Waals surface area contributed by atoms with Crippen LogP contribution in [0.2, 0.25) is 0 Å². The number of anilines is 2. The van der Waals surface area contributed by atoms with E-state index in [1.165, 1.54) is 12.3 Å². The second-order valence-electron chi connectivity index (χ2n) is 7.27. The SMILES string of the molecule is CC(C)(C)CC(C)(C)Nc1ccc(S(C)(=O)=O)cc1N. The Morgan fingerprint density at radius 2 is 1.70 bits per heavy atom. The van der Waals surface area contributed by atoms with Crippen molar-refractivity contribution in [1.82, 2.24) is 0 Å². The van der Waals surface area contributed by atoms with Crippen LogP contribution in [0.15, 0.2) is 23.1 Å². The fourth-order valence-corrected chi connectivity index (χ4v) is 3.28. The number of hydrogen-bond acceptors (Lipinski definition) is 4. The number of benzene rings is 1. The fraction of sp³-hybridized carbons (Fsp3) is 0.600. The predicted octanol–water partition coefficient (Wildman–Crippen LogP) is 3.30. The van der Waals surface area contributed by atoms with Gasteiger partial charge in [0.05, 0.1) is 16.3 Å². The summed E-state index contributed by atoms with van der Waals surface area (Å²) in [6.07, 6.45) is 2.14. The molecule has 0 saturated carbocycles. The van der Waals surface area contributed by atoms with Gasteiger partial charge >= 0.3 is 0 Å². The predicted molar refractivity (Wildman–Crippen MR) is 85.7 cm³/mol. The maximum Gasteiger partial charge on any atom is 0.175 e. The van der Waals surface area contributed by atoms with Crippen LogP contribution in [0.3, 0.4) is 0 Å². The summed E-state index contributed by atoms with van der Waals surface area (Å²) in [6.45, 7) is 10.8. The van der Waals surface area contributed by atoms with Crippen LogP contribution in [0, 0.1) is 5.41 Å². The highest BCUT2D eigenvalue weighted by Crippen LogP contribution is 2.32. The van der Waals surface area contributed by atoms with Crippen molar-refractivity contribution in [1.29, 1.82) is 0 Å². The minimum atomic E-state index is -3.22. The van der Waals surface area contributed by atoms with E-state index in [0.29, 0.717) is 5.69 Å². The standard InChI is InChI=1S/C15H26N2O2S/c1-14(2,3)10-15(4,5)17-13-8-7-11(9-12(13)16)20(6,18)19/h7-9,17H,10,16H2,1-6H3. The van der Waals surface area contributed by atoms with Crippen LogP contribution in [0.5, 0.6) is 0 Å². The Kier molecular flexibility index (Phi) is 4.44. The third-order valence-corrected chi connectivity index (χ3v) is 4.01. The van der Waals surface area contributed by atoms with Crippen molar-refractivity contribution >= 4 is 21.2 Å². The molecule has 114 valence electrons. The molecule has 0 heterocycles. The molecule has 0 radical (unpaired) electrons. The van der Waals surface area contributed by atoms with Crippen LogP contribution >= 0.6 is 0 Å². The lowest BCUT2D eigenvalue weighted by atomic mass is 9.81. The molecule has 1 rings (SSSR count). The highest BCUT2D eigenvalue weighted by molar-refractivity contribution is 7.90. The van der Waals surface area contributed by atoms with Gasteiger partial charge in [0.1, 0.15) is 0 Å². The van der Waals surface area contributed by atoms with Crippen molar-refractivity contribution in [3.8, 4) is 0 Å². The topological polar surface area (TPSA) is 72.2 Å². The molecule has 1 aromatic carbocycles. The number of nitrogens with two attached hydrogens (primary N) is 1. The van der Waals surface area contributed by atoms with Gasteiger partial charge in [0, 0.05) is 11.8 Å². The van der Waals surface area contributed by atoms with Crippen molar-refractivity contribution in [2.75, 3.05) is 17.3 Å². The van der Waals surface area contributed by atoms with Gasteiger partial charge in [-0.15, -0.1) is 0 Å². The molecule has 1 aromatic rings. The Morgan fingerprint density at radius 1 is 1.15 bits per heavy atom. The lowest BCUT2D eigenvalue weighted by Gasteiger charge is -2.34. The molecular weight excluding hydrogens is 272 g/mol. The molecule has 0 aromatic heterocycles. The Bertz CT molecular complexity index is 584. The average molecular weight is 298 g/mol. The van der Waals surface area contributed by atoms with E-state index in [2.05, 4.69) is 39.9 Å². The summed E-state index contributed by atoms with van der Waals surface area (Å²) in [6, 6.07) is 4.82. The Morgan fingerprint density at radius 3 is 2.10 bits per heavy atom. The Hall–Kier alpha value is -1.23. The normalized spacial score (nSPS) is 13.3. The molecule has 3 N–H and O–H groups in total. The quantitative estimate of drug-likeness (QED) is 0.837. The van der Waals surface area contributed by atoms with Gasteiger partial charge in [-0.3, -0.25) is 0 Å². The number of rotatable bonds is 4. The number of hydrogen-bond donors (Lipinski definition) is 2. The number of sulfone groups is 1. The lowest BCUT2D eigenvalue weighted by molar-refractivity contribution is 0.302. The maximum absolute atomic E-state index is 11.5. The van der Waals surface area contributed by atoms with Crippen molar-refractivity contribution in [2.45, 2.75) is 51.5 Å². The molecular formula is C15H26N2O2S. The summed E-state index contributed by atoms with van der Waals surface area (Å²) < 4.78 is 23.0. The van der Waals surface area contributed by atoms with Gasteiger partial charge < -0.3 is 11.1 Å². The van der Waals surface area contributed by atoms with Crippen LogP contribution < -0.4 is 11.1 Å². The molecule has 0 bridgehead atoms. The van der Waals surface area contributed by atoms with Gasteiger partial charge in [-0.2, -0.15) is 0 Å². The maximum atomic E-state index is 11.5. The molecule has 0 atom stereocenters. The van der Waals surface area contributed by atoms with Crippen molar-refractivity contribution in [2.24, 2.45) is 5.41 Å². The van der Waals surface area contributed by atoms with E-state index >= 15 is 0 Å². The largest absolute Gasteiger partial charge is 0.397 e. The van der Waals surface area contributed by atoms with Crippen molar-refractivity contribution in [3.05, 3.63) is 18.2 Å². The number of nitrogens with one attached hydrogen (secondary N) is 1. The first-order chi connectivity index (χ1) is 8.80. The summed E-state index contributed by atoms with van der Waals surface area (Å²) in [5.74, 6) is 0. The molecule has 20 heavy (non-hydrogen) atoms. The van der Waals surface area contributed by atoms with E-state index in [1.54, 1.807) is 12.1 Å². The smallest absolute Gasteiger partial charge is 0.175 e. The minimum absolute atomic E-state index is 0.126. The van der Waals surface area contributed by atoms with Crippen molar-refractivity contribution < 1.29 is 8.42 Å². The zero-order valence-corrected chi connectivity index (χ0v) is 14.1. The molecule has 0 unspecified atom stereocenters. The van der Waals surface area contributed by atoms with E-state index in [4.69, 9.17) is 5.73 Å². The van der Waals surface area contributed by atoms with Crippen LogP contribution in [-0.4, -0.2) is 20.2 Å². The molecule has 4 nitrogen and oxygen atoms in total. The van der Waals surface area contributed by atoms with Gasteiger partial charge in [0.2, 0.25) is 0 Å². The third kappa shape index (κ3) is 5.04. The van der Waals surface area contributed by atoms with Crippen LogP contribution in [-0.2, 0) is 9.84 Å². The first-order valence-corrected chi connectivity index (χ1v) is 8.57. The monoisotopic (exact) mass is 298 g/mol. The van der Waals surface area contributed by atoms with E-state index in [9.17, 15) is 8.42 Å². The second kappa shape index (κ2) is 5.28. The number of nitrogen functional groups attached to an aromatic ring is 1. The first kappa shape index (κ1) is 16.8. The van der Waals surface area contributed by atoms with Gasteiger partial charge in [-0.05, 0) is 43.9 Å². The molecule has 0 aliphatic rings. The molecule has 0 fully saturated rings. The Balaban J connectivity index is 3.00. The summed E-state index contributed by atoms with van der Waals surface area (Å²) in [5, 5.41) is 3.40. The summed E-state index contributed by atoms with van der Waals surface area (Å²) in [5.41, 5.74) is 7.25. The zero-order valence-electron chi connectivity index (χ0n) is 13.2. The van der Waals surface area contributed by atoms with Crippen LogP contribution in [0.1, 0.15) is 41.0 Å². The molecule has 0 aliphatic carbocycles. The lowest BCUT2D eigenvalue weighted by Crippen LogP contribution is -2.35. The van der Waals surface area contributed by atoms with E-state index < -0.39 is 9.84 Å². The van der Waals surface area contributed by atoms with Crippen LogP contribution in [0.25, 0.3) is 0 Å². The van der Waals surface area contributed by atoms with Gasteiger partial charge in [0.15, 0.2) is 9.84 Å². The zero-order chi connectivity index (χ0) is 15.8. The second-order valence-corrected chi connectivity index (χ2v) is 9.28. The van der Waals surface area contributed by atoms with Gasteiger partial charge in [-0.1, -0.05) is 20.8 Å². The van der Waals surface area contributed by atoms with Crippen LogP contribution in [0.4, 0.5) is 11.4 Å². The molecule has 0 aliphatic heterocycles. The first-order valence-electron chi connectivity index (χ1n) is 6.68. The third-order valence-electron chi connectivity index (χ3n) is 2.90. The highest BCUT2D eigenvalue weighted by atomic mass is 32.2. The average Bonchev–Trinajstić information content (AvgIpc) is 2.15. The van der Waals surface area contributed by atoms with E-state index in [1.807, 2.05) is 0 Å². The van der Waals surface area contributed by atoms with E-state index in [-0.39, 0.29) is 15.8 Å². The molecule has 0 spiro atoms. The van der Waals surface area contributed by atoms with Crippen molar-refractivity contribution in [3.63, 3.8) is 0 Å². The summed E-state index contributed by atoms with van der Waals surface area (Å²) >= 11 is 0. The highest BCUT2D eigenvalue weighted by Gasteiger charge is 2.25. The Labute approximate surface area is 122 Å². The summed E-state index contributed by atoms with van der Waals surface area (Å²) in [7, 11) is -3.22. The minimum Gasteiger partial charge on any atom is -0.397 e. The molecule has 5 heteroatoms. The fourth-order valence-electron chi connectivity index (χ4n) is 2.62. The molecule has 0 saturated heterocycles. The summed E-state index contributed by atoms with van der Waals surface area (Å²) in [4.78, 5) is 0.245.